The number of esters is 1. The number of hydrogen-bond donors (Lipinski definition) is 1. The maximum Gasteiger partial charge on any atom is 0.330 e. The highest BCUT2D eigenvalue weighted by atomic mass is 35.5. The zero-order chi connectivity index (χ0) is 14.6. The van der Waals surface area contributed by atoms with E-state index in [2.05, 4.69) is 10.1 Å². The zero-order valence-corrected chi connectivity index (χ0v) is 12.0. The molecule has 0 unspecified atom stereocenters. The van der Waals surface area contributed by atoms with E-state index >= 15 is 0 Å². The summed E-state index contributed by atoms with van der Waals surface area (Å²) in [4.78, 5) is 23.7. The monoisotopic (exact) mass is 285 g/mol. The minimum atomic E-state index is -1.14. The predicted octanol–water partition coefficient (Wildman–Crippen LogP) is 2.03. The lowest BCUT2D eigenvalue weighted by Gasteiger charge is -2.23. The topological polar surface area (TPSA) is 64.6 Å². The smallest absolute Gasteiger partial charge is 0.330 e. The molecule has 6 heteroatoms. The Balaban J connectivity index is 3.01. The third-order valence-electron chi connectivity index (χ3n) is 2.53. The number of amides is 1. The van der Waals surface area contributed by atoms with E-state index in [1.165, 1.54) is 20.3 Å². The maximum atomic E-state index is 12.2. The summed E-state index contributed by atoms with van der Waals surface area (Å²) >= 11 is 5.85. The summed E-state index contributed by atoms with van der Waals surface area (Å²) in [5.41, 5.74) is -0.883. The summed E-state index contributed by atoms with van der Waals surface area (Å²) in [6.45, 7) is 3.10. The molecule has 0 spiro atoms. The van der Waals surface area contributed by atoms with Crippen LogP contribution < -0.4 is 10.1 Å². The Hall–Kier alpha value is -1.75. The van der Waals surface area contributed by atoms with Crippen LogP contribution in [0.3, 0.4) is 0 Å². The molecule has 0 radical (unpaired) electrons. The Labute approximate surface area is 116 Å². The summed E-state index contributed by atoms with van der Waals surface area (Å²) in [6, 6.07) is 4.67. The summed E-state index contributed by atoms with van der Waals surface area (Å²) in [6.07, 6.45) is 0. The molecule has 1 rings (SSSR count). The molecule has 1 aromatic carbocycles. The van der Waals surface area contributed by atoms with Crippen molar-refractivity contribution in [2.75, 3.05) is 14.2 Å². The lowest BCUT2D eigenvalue weighted by molar-refractivity contribution is -0.146. The average Bonchev–Trinajstić information content (AvgIpc) is 2.37. The van der Waals surface area contributed by atoms with Crippen LogP contribution in [0.2, 0.25) is 5.02 Å². The quantitative estimate of drug-likeness (QED) is 0.860. The maximum absolute atomic E-state index is 12.2. The van der Waals surface area contributed by atoms with Gasteiger partial charge in [0.2, 0.25) is 0 Å². The van der Waals surface area contributed by atoms with Crippen molar-refractivity contribution in [2.45, 2.75) is 19.4 Å². The molecule has 1 aromatic rings. The van der Waals surface area contributed by atoms with E-state index < -0.39 is 17.4 Å². The first-order chi connectivity index (χ1) is 8.81. The molecule has 0 aliphatic rings. The Kier molecular flexibility index (Phi) is 4.78. The molecule has 0 aliphatic heterocycles. The molecule has 0 atom stereocenters. The van der Waals surface area contributed by atoms with Crippen molar-refractivity contribution in [3.05, 3.63) is 28.8 Å². The summed E-state index contributed by atoms with van der Waals surface area (Å²) < 4.78 is 9.71. The second-order valence-corrected chi connectivity index (χ2v) is 4.85. The van der Waals surface area contributed by atoms with Crippen LogP contribution in [0, 0.1) is 0 Å². The van der Waals surface area contributed by atoms with E-state index in [0.29, 0.717) is 10.8 Å². The van der Waals surface area contributed by atoms with Gasteiger partial charge in [-0.25, -0.2) is 4.79 Å². The van der Waals surface area contributed by atoms with Crippen molar-refractivity contribution in [3.63, 3.8) is 0 Å². The van der Waals surface area contributed by atoms with E-state index in [4.69, 9.17) is 16.3 Å². The second kappa shape index (κ2) is 5.93. The van der Waals surface area contributed by atoms with Crippen LogP contribution in [0.25, 0.3) is 0 Å². The number of ether oxygens (including phenoxy) is 2. The minimum absolute atomic E-state index is 0.256. The molecule has 0 fully saturated rings. The van der Waals surface area contributed by atoms with Crippen LogP contribution in [-0.4, -0.2) is 31.6 Å². The number of nitrogens with one attached hydrogen (secondary N) is 1. The Morgan fingerprint density at radius 2 is 1.89 bits per heavy atom. The van der Waals surface area contributed by atoms with Crippen LogP contribution in [0.5, 0.6) is 5.75 Å². The lowest BCUT2D eigenvalue weighted by Crippen LogP contribution is -2.50. The van der Waals surface area contributed by atoms with Gasteiger partial charge in [-0.15, -0.1) is 0 Å². The van der Waals surface area contributed by atoms with Gasteiger partial charge in [0, 0.05) is 5.02 Å². The van der Waals surface area contributed by atoms with Crippen molar-refractivity contribution in [3.8, 4) is 5.75 Å². The summed E-state index contributed by atoms with van der Waals surface area (Å²) in [5, 5.41) is 2.98. The molecule has 1 N–H and O–H groups in total. The SMILES string of the molecule is COC(=O)C(C)(C)NC(=O)c1cc(Cl)ccc1OC. The first-order valence-corrected chi connectivity index (χ1v) is 5.94. The number of carbonyl (C=O) groups is 2. The van der Waals surface area contributed by atoms with E-state index in [1.54, 1.807) is 26.0 Å². The van der Waals surface area contributed by atoms with Gasteiger partial charge in [0.25, 0.3) is 5.91 Å². The number of halogens is 1. The fourth-order valence-electron chi connectivity index (χ4n) is 1.51. The molecule has 1 amide bonds. The van der Waals surface area contributed by atoms with Gasteiger partial charge in [0.15, 0.2) is 0 Å². The van der Waals surface area contributed by atoms with Gasteiger partial charge in [-0.3, -0.25) is 4.79 Å². The van der Waals surface area contributed by atoms with Crippen LogP contribution in [-0.2, 0) is 9.53 Å². The zero-order valence-electron chi connectivity index (χ0n) is 11.2. The lowest BCUT2D eigenvalue weighted by atomic mass is 10.0. The van der Waals surface area contributed by atoms with Crippen LogP contribution in [0.15, 0.2) is 18.2 Å². The minimum Gasteiger partial charge on any atom is -0.496 e. The van der Waals surface area contributed by atoms with Crippen molar-refractivity contribution in [1.82, 2.24) is 5.32 Å². The van der Waals surface area contributed by atoms with Gasteiger partial charge < -0.3 is 14.8 Å². The largest absolute Gasteiger partial charge is 0.496 e. The molecular weight excluding hydrogens is 270 g/mol. The molecule has 0 aromatic heterocycles. The van der Waals surface area contributed by atoms with Gasteiger partial charge in [-0.1, -0.05) is 11.6 Å². The molecule has 0 heterocycles. The highest BCUT2D eigenvalue weighted by Gasteiger charge is 2.31. The Morgan fingerprint density at radius 1 is 1.26 bits per heavy atom. The fraction of sp³-hybridized carbons (Fsp3) is 0.385. The van der Waals surface area contributed by atoms with E-state index in [1.807, 2.05) is 0 Å². The first kappa shape index (κ1) is 15.3. The second-order valence-electron chi connectivity index (χ2n) is 4.42. The number of carbonyl (C=O) groups excluding carboxylic acids is 2. The number of rotatable bonds is 4. The van der Waals surface area contributed by atoms with Crippen LogP contribution in [0.1, 0.15) is 24.2 Å². The van der Waals surface area contributed by atoms with E-state index in [0.717, 1.165) is 0 Å². The van der Waals surface area contributed by atoms with Gasteiger partial charge in [0.1, 0.15) is 11.3 Å². The average molecular weight is 286 g/mol. The van der Waals surface area contributed by atoms with Gasteiger partial charge in [-0.2, -0.15) is 0 Å². The molecular formula is C13H16ClNO4. The predicted molar refractivity (Wildman–Crippen MR) is 71.6 cm³/mol. The van der Waals surface area contributed by atoms with Crippen molar-refractivity contribution < 1.29 is 19.1 Å². The Morgan fingerprint density at radius 3 is 2.42 bits per heavy atom. The standard InChI is InChI=1S/C13H16ClNO4/c1-13(2,12(17)19-4)15-11(16)9-7-8(14)5-6-10(9)18-3/h5-7H,1-4H3,(H,15,16). The molecule has 19 heavy (non-hydrogen) atoms. The number of methoxy groups -OCH3 is 2. The van der Waals surface area contributed by atoms with Crippen LogP contribution >= 0.6 is 11.6 Å². The number of hydrogen-bond acceptors (Lipinski definition) is 4. The molecule has 5 nitrogen and oxygen atoms in total. The van der Waals surface area contributed by atoms with Crippen molar-refractivity contribution >= 4 is 23.5 Å². The van der Waals surface area contributed by atoms with Crippen molar-refractivity contribution in [2.24, 2.45) is 0 Å². The molecule has 0 saturated heterocycles. The van der Waals surface area contributed by atoms with E-state index in [-0.39, 0.29) is 5.56 Å². The highest BCUT2D eigenvalue weighted by molar-refractivity contribution is 6.31. The molecule has 0 bridgehead atoms. The first-order valence-electron chi connectivity index (χ1n) is 5.56. The molecule has 104 valence electrons. The summed E-state index contributed by atoms with van der Waals surface area (Å²) in [5.74, 6) is -0.626. The highest BCUT2D eigenvalue weighted by Crippen LogP contribution is 2.23. The fourth-order valence-corrected chi connectivity index (χ4v) is 1.69. The number of benzene rings is 1. The van der Waals surface area contributed by atoms with Gasteiger partial charge >= 0.3 is 5.97 Å². The van der Waals surface area contributed by atoms with Gasteiger partial charge in [-0.05, 0) is 32.0 Å². The molecule has 0 saturated carbocycles. The van der Waals surface area contributed by atoms with Crippen LogP contribution in [0.4, 0.5) is 0 Å². The van der Waals surface area contributed by atoms with Crippen molar-refractivity contribution in [1.29, 1.82) is 0 Å². The normalized spacial score (nSPS) is 10.8. The van der Waals surface area contributed by atoms with Gasteiger partial charge in [0.05, 0.1) is 19.8 Å². The third-order valence-corrected chi connectivity index (χ3v) is 2.76. The molecule has 0 aliphatic carbocycles. The van der Waals surface area contributed by atoms with E-state index in [9.17, 15) is 9.59 Å². The summed E-state index contributed by atoms with van der Waals surface area (Å²) in [7, 11) is 2.71. The third kappa shape index (κ3) is 3.61. The Bertz CT molecular complexity index is 499.